The monoisotopic (exact) mass is 189 g/mol. The van der Waals surface area contributed by atoms with E-state index in [2.05, 4.69) is 11.8 Å². The maximum Gasteiger partial charge on any atom is 0.0558 e. The van der Waals surface area contributed by atoms with Gasteiger partial charge in [0.1, 0.15) is 0 Å². The second-order valence-electron chi connectivity index (χ2n) is 3.35. The molecule has 0 aliphatic rings. The van der Waals surface area contributed by atoms with E-state index in [0.717, 1.165) is 6.54 Å². The van der Waals surface area contributed by atoms with Crippen LogP contribution in [0.15, 0.2) is 0 Å². The van der Waals surface area contributed by atoms with Gasteiger partial charge in [0.05, 0.1) is 13.2 Å². The van der Waals surface area contributed by atoms with Gasteiger partial charge < -0.3 is 10.2 Å². The van der Waals surface area contributed by atoms with Crippen molar-refractivity contribution in [1.29, 1.82) is 0 Å². The number of hydrogen-bond acceptors (Lipinski definition) is 3. The molecule has 2 N–H and O–H groups in total. The molecule has 0 amide bonds. The Morgan fingerprint density at radius 2 is 1.46 bits per heavy atom. The predicted molar refractivity (Wildman–Crippen MR) is 54.8 cm³/mol. The molecule has 0 radical (unpaired) electrons. The smallest absolute Gasteiger partial charge is 0.0558 e. The fourth-order valence-corrected chi connectivity index (χ4v) is 1.38. The summed E-state index contributed by atoms with van der Waals surface area (Å²) in [4.78, 5) is 2.11. The Morgan fingerprint density at radius 3 is 1.92 bits per heavy atom. The summed E-state index contributed by atoms with van der Waals surface area (Å²) in [5.41, 5.74) is 0. The molecule has 0 aliphatic heterocycles. The van der Waals surface area contributed by atoms with E-state index < -0.39 is 0 Å². The Hall–Kier alpha value is -0.120. The van der Waals surface area contributed by atoms with Gasteiger partial charge in [-0.3, -0.25) is 4.90 Å². The van der Waals surface area contributed by atoms with E-state index in [1.54, 1.807) is 0 Å². The highest BCUT2D eigenvalue weighted by atomic mass is 16.3. The number of unbranched alkanes of at least 4 members (excludes halogenated alkanes) is 3. The van der Waals surface area contributed by atoms with Crippen molar-refractivity contribution in [1.82, 2.24) is 4.90 Å². The molecule has 0 spiro atoms. The van der Waals surface area contributed by atoms with Gasteiger partial charge >= 0.3 is 0 Å². The minimum absolute atomic E-state index is 0.188. The first kappa shape index (κ1) is 12.9. The Balaban J connectivity index is 3.33. The van der Waals surface area contributed by atoms with E-state index in [9.17, 15) is 0 Å². The van der Waals surface area contributed by atoms with Crippen LogP contribution in [0.5, 0.6) is 0 Å². The number of rotatable bonds is 9. The summed E-state index contributed by atoms with van der Waals surface area (Å²) in [5.74, 6) is 0. The molecule has 0 heterocycles. The van der Waals surface area contributed by atoms with E-state index in [-0.39, 0.29) is 13.2 Å². The summed E-state index contributed by atoms with van der Waals surface area (Å²) in [6.07, 6.45) is 4.96. The van der Waals surface area contributed by atoms with Crippen molar-refractivity contribution in [2.24, 2.45) is 0 Å². The van der Waals surface area contributed by atoms with Crippen molar-refractivity contribution in [3.63, 3.8) is 0 Å². The molecular weight excluding hydrogens is 166 g/mol. The molecule has 13 heavy (non-hydrogen) atoms. The third kappa shape index (κ3) is 8.22. The highest BCUT2D eigenvalue weighted by molar-refractivity contribution is 4.56. The molecular formula is C10H23NO2. The van der Waals surface area contributed by atoms with Crippen LogP contribution >= 0.6 is 0 Å². The van der Waals surface area contributed by atoms with Gasteiger partial charge in [0.2, 0.25) is 0 Å². The zero-order valence-electron chi connectivity index (χ0n) is 8.71. The van der Waals surface area contributed by atoms with Crippen LogP contribution in [-0.2, 0) is 0 Å². The summed E-state index contributed by atoms with van der Waals surface area (Å²) in [6, 6.07) is 0. The zero-order chi connectivity index (χ0) is 9.94. The van der Waals surface area contributed by atoms with Gasteiger partial charge in [0.15, 0.2) is 0 Å². The van der Waals surface area contributed by atoms with Crippen molar-refractivity contribution in [2.75, 3.05) is 32.8 Å². The van der Waals surface area contributed by atoms with Gasteiger partial charge in [-0.05, 0) is 13.0 Å². The molecule has 0 unspecified atom stereocenters. The molecule has 3 heteroatoms. The van der Waals surface area contributed by atoms with E-state index >= 15 is 0 Å². The lowest BCUT2D eigenvalue weighted by Gasteiger charge is -2.19. The van der Waals surface area contributed by atoms with Crippen LogP contribution in [0.2, 0.25) is 0 Å². The SMILES string of the molecule is CCCCCCN(CCO)CCO. The molecule has 0 atom stereocenters. The topological polar surface area (TPSA) is 43.7 Å². The minimum Gasteiger partial charge on any atom is -0.395 e. The normalized spacial score (nSPS) is 11.1. The molecule has 0 fully saturated rings. The van der Waals surface area contributed by atoms with Crippen LogP contribution < -0.4 is 0 Å². The van der Waals surface area contributed by atoms with Gasteiger partial charge in [-0.2, -0.15) is 0 Å². The Labute approximate surface area is 81.4 Å². The maximum atomic E-state index is 8.74. The van der Waals surface area contributed by atoms with E-state index in [1.807, 2.05) is 0 Å². The highest BCUT2D eigenvalue weighted by Crippen LogP contribution is 2.00. The van der Waals surface area contributed by atoms with Crippen molar-refractivity contribution in [2.45, 2.75) is 32.6 Å². The Morgan fingerprint density at radius 1 is 0.846 bits per heavy atom. The van der Waals surface area contributed by atoms with Gasteiger partial charge in [-0.25, -0.2) is 0 Å². The maximum absolute atomic E-state index is 8.74. The summed E-state index contributed by atoms with van der Waals surface area (Å²) in [5, 5.41) is 17.5. The number of aliphatic hydroxyl groups is 2. The first-order valence-electron chi connectivity index (χ1n) is 5.29. The van der Waals surface area contributed by atoms with Crippen LogP contribution in [0.3, 0.4) is 0 Å². The van der Waals surface area contributed by atoms with Gasteiger partial charge in [-0.1, -0.05) is 26.2 Å². The lowest BCUT2D eigenvalue weighted by Crippen LogP contribution is -2.30. The first-order valence-corrected chi connectivity index (χ1v) is 5.29. The summed E-state index contributed by atoms with van der Waals surface area (Å²) in [6.45, 7) is 4.95. The van der Waals surface area contributed by atoms with E-state index in [4.69, 9.17) is 10.2 Å². The van der Waals surface area contributed by atoms with Crippen molar-refractivity contribution >= 4 is 0 Å². The number of nitrogens with zero attached hydrogens (tertiary/aromatic N) is 1. The molecule has 0 rings (SSSR count). The van der Waals surface area contributed by atoms with Crippen molar-refractivity contribution in [3.05, 3.63) is 0 Å². The molecule has 0 aromatic carbocycles. The quantitative estimate of drug-likeness (QED) is 0.529. The molecule has 0 aliphatic carbocycles. The number of hydrogen-bond donors (Lipinski definition) is 2. The van der Waals surface area contributed by atoms with Crippen molar-refractivity contribution in [3.8, 4) is 0 Å². The molecule has 3 nitrogen and oxygen atoms in total. The predicted octanol–water partition coefficient (Wildman–Crippen LogP) is 0.853. The molecule has 0 aromatic rings. The lowest BCUT2D eigenvalue weighted by atomic mass is 10.2. The highest BCUT2D eigenvalue weighted by Gasteiger charge is 2.01. The largest absolute Gasteiger partial charge is 0.395 e. The molecule has 0 bridgehead atoms. The van der Waals surface area contributed by atoms with E-state index in [1.165, 1.54) is 25.7 Å². The molecule has 0 aromatic heterocycles. The van der Waals surface area contributed by atoms with E-state index in [0.29, 0.717) is 13.1 Å². The molecule has 0 saturated heterocycles. The molecule has 80 valence electrons. The fourth-order valence-electron chi connectivity index (χ4n) is 1.38. The van der Waals surface area contributed by atoms with Gasteiger partial charge in [0.25, 0.3) is 0 Å². The number of aliphatic hydroxyl groups excluding tert-OH is 2. The van der Waals surface area contributed by atoms with Crippen LogP contribution in [0.25, 0.3) is 0 Å². The summed E-state index contributed by atoms with van der Waals surface area (Å²) < 4.78 is 0. The first-order chi connectivity index (χ1) is 6.35. The van der Waals surface area contributed by atoms with Crippen molar-refractivity contribution < 1.29 is 10.2 Å². The Bertz CT molecular complexity index is 92.9. The Kier molecular flexibility index (Phi) is 9.87. The van der Waals surface area contributed by atoms with Gasteiger partial charge in [-0.15, -0.1) is 0 Å². The minimum atomic E-state index is 0.188. The summed E-state index contributed by atoms with van der Waals surface area (Å²) in [7, 11) is 0. The average Bonchev–Trinajstić information content (AvgIpc) is 2.13. The fraction of sp³-hybridized carbons (Fsp3) is 1.00. The average molecular weight is 189 g/mol. The van der Waals surface area contributed by atoms with Crippen LogP contribution in [0.4, 0.5) is 0 Å². The third-order valence-corrected chi connectivity index (χ3v) is 2.16. The standard InChI is InChI=1S/C10H23NO2/c1-2-3-4-5-6-11(7-9-12)8-10-13/h12-13H,2-10H2,1H3. The van der Waals surface area contributed by atoms with Crippen LogP contribution in [0, 0.1) is 0 Å². The molecule has 0 saturated carbocycles. The second kappa shape index (κ2) is 9.96. The second-order valence-corrected chi connectivity index (χ2v) is 3.35. The zero-order valence-corrected chi connectivity index (χ0v) is 8.71. The lowest BCUT2D eigenvalue weighted by molar-refractivity contribution is 0.159. The van der Waals surface area contributed by atoms with Crippen LogP contribution in [0.1, 0.15) is 32.6 Å². The summed E-state index contributed by atoms with van der Waals surface area (Å²) >= 11 is 0. The third-order valence-electron chi connectivity index (χ3n) is 2.16. The van der Waals surface area contributed by atoms with Crippen LogP contribution in [-0.4, -0.2) is 48.0 Å². The van der Waals surface area contributed by atoms with Gasteiger partial charge in [0, 0.05) is 13.1 Å².